The molecule has 23 heavy (non-hydrogen) atoms. The van der Waals surface area contributed by atoms with Gasteiger partial charge in [-0.2, -0.15) is 0 Å². The number of ether oxygens (including phenoxy) is 1. The summed E-state index contributed by atoms with van der Waals surface area (Å²) in [6.07, 6.45) is 5.49. The maximum Gasteiger partial charge on any atom is 0.410 e. The van der Waals surface area contributed by atoms with Gasteiger partial charge in [0.2, 0.25) is 0 Å². The molecule has 0 aliphatic carbocycles. The van der Waals surface area contributed by atoms with Crippen LogP contribution in [0.4, 0.5) is 4.79 Å². The topological polar surface area (TPSA) is 44.8 Å². The molecule has 0 radical (unpaired) electrons. The molecule has 3 unspecified atom stereocenters. The molecular weight excluding hydrogens is 290 g/mol. The molecule has 0 aromatic carbocycles. The van der Waals surface area contributed by atoms with E-state index in [1.807, 2.05) is 25.7 Å². The molecule has 2 heterocycles. The Kier molecular flexibility index (Phi) is 6.32. The van der Waals surface area contributed by atoms with E-state index in [9.17, 15) is 4.79 Å². The molecule has 0 aromatic rings. The lowest BCUT2D eigenvalue weighted by molar-refractivity contribution is 0.00780. The minimum absolute atomic E-state index is 0.144. The Morgan fingerprint density at radius 3 is 2.61 bits per heavy atom. The van der Waals surface area contributed by atoms with Crippen LogP contribution in [0.5, 0.6) is 0 Å². The summed E-state index contributed by atoms with van der Waals surface area (Å²) in [5.74, 6) is 0. The van der Waals surface area contributed by atoms with Gasteiger partial charge in [0.15, 0.2) is 0 Å². The summed E-state index contributed by atoms with van der Waals surface area (Å²) in [4.78, 5) is 16.8. The predicted octanol–water partition coefficient (Wildman–Crippen LogP) is 2.85. The largest absolute Gasteiger partial charge is 0.444 e. The van der Waals surface area contributed by atoms with Crippen LogP contribution in [-0.2, 0) is 4.74 Å². The molecule has 0 aromatic heterocycles. The number of hydrogen-bond donors (Lipinski definition) is 1. The van der Waals surface area contributed by atoms with Crippen LogP contribution in [0.1, 0.15) is 59.8 Å². The fraction of sp³-hybridized carbons (Fsp3) is 0.944. The Bertz CT molecular complexity index is 394. The third kappa shape index (κ3) is 5.96. The van der Waals surface area contributed by atoms with E-state index in [1.165, 1.54) is 19.4 Å². The number of amides is 1. The monoisotopic (exact) mass is 325 g/mol. The zero-order valence-electron chi connectivity index (χ0n) is 15.6. The van der Waals surface area contributed by atoms with Crippen molar-refractivity contribution in [3.8, 4) is 0 Å². The number of likely N-dealkylation sites (N-methyl/N-ethyl adjacent to an activating group) is 1. The number of rotatable bonds is 4. The number of likely N-dealkylation sites (tertiary alicyclic amines) is 2. The molecule has 1 amide bonds. The number of hydrogen-bond acceptors (Lipinski definition) is 4. The second-order valence-corrected chi connectivity index (χ2v) is 8.37. The quantitative estimate of drug-likeness (QED) is 0.863. The first kappa shape index (κ1) is 18.5. The Balaban J connectivity index is 1.86. The lowest BCUT2D eigenvalue weighted by Gasteiger charge is -2.38. The second kappa shape index (κ2) is 7.84. The molecule has 2 aliphatic rings. The second-order valence-electron chi connectivity index (χ2n) is 8.37. The Morgan fingerprint density at radius 2 is 2.00 bits per heavy atom. The van der Waals surface area contributed by atoms with Crippen molar-refractivity contribution in [3.05, 3.63) is 0 Å². The van der Waals surface area contributed by atoms with Crippen LogP contribution in [-0.4, -0.2) is 66.3 Å². The maximum atomic E-state index is 12.5. The van der Waals surface area contributed by atoms with Crippen LogP contribution in [0, 0.1) is 0 Å². The molecule has 5 heteroatoms. The number of carbonyl (C=O) groups excluding carboxylic acids is 1. The summed E-state index contributed by atoms with van der Waals surface area (Å²) < 4.78 is 5.60. The average Bonchev–Trinajstić information content (AvgIpc) is 2.82. The molecule has 0 saturated carbocycles. The first-order valence-corrected chi connectivity index (χ1v) is 9.19. The van der Waals surface area contributed by atoms with Crippen LogP contribution in [0.2, 0.25) is 0 Å². The summed E-state index contributed by atoms with van der Waals surface area (Å²) in [6.45, 7) is 11.2. The van der Waals surface area contributed by atoms with Crippen LogP contribution in [0.3, 0.4) is 0 Å². The average molecular weight is 325 g/mol. The molecule has 2 rings (SSSR count). The normalized spacial score (nSPS) is 28.0. The van der Waals surface area contributed by atoms with E-state index in [4.69, 9.17) is 4.74 Å². The predicted molar refractivity (Wildman–Crippen MR) is 93.7 cm³/mol. The third-order valence-corrected chi connectivity index (χ3v) is 4.79. The highest BCUT2D eigenvalue weighted by atomic mass is 16.6. The van der Waals surface area contributed by atoms with Gasteiger partial charge in [-0.1, -0.05) is 0 Å². The van der Waals surface area contributed by atoms with Crippen molar-refractivity contribution in [2.75, 3.05) is 26.7 Å². The molecule has 3 atom stereocenters. The van der Waals surface area contributed by atoms with Gasteiger partial charge in [0.05, 0.1) is 0 Å². The highest BCUT2D eigenvalue weighted by Crippen LogP contribution is 2.24. The van der Waals surface area contributed by atoms with Gasteiger partial charge >= 0.3 is 6.09 Å². The van der Waals surface area contributed by atoms with Crippen LogP contribution >= 0.6 is 0 Å². The molecule has 1 N–H and O–H groups in total. The Morgan fingerprint density at radius 1 is 1.26 bits per heavy atom. The minimum atomic E-state index is -0.419. The summed E-state index contributed by atoms with van der Waals surface area (Å²) in [6, 6.07) is 1.33. The van der Waals surface area contributed by atoms with E-state index in [1.54, 1.807) is 0 Å². The molecule has 0 spiro atoms. The van der Waals surface area contributed by atoms with Gasteiger partial charge in [-0.15, -0.1) is 0 Å². The lowest BCUT2D eigenvalue weighted by atomic mass is 9.96. The van der Waals surface area contributed by atoms with Crippen molar-refractivity contribution < 1.29 is 9.53 Å². The standard InChI is InChI=1S/C18H35N3O2/c1-14(19-15-9-11-20(5)13-15)12-16-8-6-7-10-21(16)17(22)23-18(2,3)4/h14-16,19H,6-13H2,1-5H3. The summed E-state index contributed by atoms with van der Waals surface area (Å²) in [7, 11) is 2.18. The van der Waals surface area contributed by atoms with E-state index in [0.717, 1.165) is 32.4 Å². The maximum absolute atomic E-state index is 12.5. The summed E-state index contributed by atoms with van der Waals surface area (Å²) >= 11 is 0. The van der Waals surface area contributed by atoms with Gasteiger partial charge in [-0.3, -0.25) is 0 Å². The SMILES string of the molecule is CC(CC1CCCCN1C(=O)OC(C)(C)C)NC1CCN(C)C1. The molecule has 2 saturated heterocycles. The van der Waals surface area contributed by atoms with E-state index >= 15 is 0 Å². The van der Waals surface area contributed by atoms with Crippen molar-refractivity contribution in [2.45, 2.75) is 83.5 Å². The van der Waals surface area contributed by atoms with E-state index in [2.05, 4.69) is 24.2 Å². The smallest absolute Gasteiger partial charge is 0.410 e. The number of carbonyl (C=O) groups is 1. The molecule has 5 nitrogen and oxygen atoms in total. The van der Waals surface area contributed by atoms with Gasteiger partial charge in [-0.05, 0) is 73.4 Å². The van der Waals surface area contributed by atoms with E-state index < -0.39 is 5.60 Å². The number of nitrogens with zero attached hydrogens (tertiary/aromatic N) is 2. The Hall–Kier alpha value is -0.810. The first-order chi connectivity index (χ1) is 10.7. The van der Waals surface area contributed by atoms with Gasteiger partial charge in [0, 0.05) is 31.2 Å². The highest BCUT2D eigenvalue weighted by Gasteiger charge is 2.32. The van der Waals surface area contributed by atoms with Crippen molar-refractivity contribution in [1.29, 1.82) is 0 Å². The molecule has 2 fully saturated rings. The number of piperidine rings is 1. The zero-order chi connectivity index (χ0) is 17.0. The number of nitrogens with one attached hydrogen (secondary N) is 1. The molecular formula is C18H35N3O2. The van der Waals surface area contributed by atoms with E-state index in [0.29, 0.717) is 18.1 Å². The summed E-state index contributed by atoms with van der Waals surface area (Å²) in [5.41, 5.74) is -0.419. The molecule has 134 valence electrons. The van der Waals surface area contributed by atoms with Crippen molar-refractivity contribution in [2.24, 2.45) is 0 Å². The summed E-state index contributed by atoms with van der Waals surface area (Å²) in [5, 5.41) is 3.74. The van der Waals surface area contributed by atoms with Crippen LogP contribution in [0.15, 0.2) is 0 Å². The zero-order valence-corrected chi connectivity index (χ0v) is 15.6. The van der Waals surface area contributed by atoms with Gasteiger partial charge in [0.1, 0.15) is 5.60 Å². The third-order valence-electron chi connectivity index (χ3n) is 4.79. The molecule has 2 aliphatic heterocycles. The van der Waals surface area contributed by atoms with Gasteiger partial charge in [-0.25, -0.2) is 4.79 Å². The van der Waals surface area contributed by atoms with Crippen molar-refractivity contribution in [1.82, 2.24) is 15.1 Å². The van der Waals surface area contributed by atoms with E-state index in [-0.39, 0.29) is 6.09 Å². The fourth-order valence-corrected chi connectivity index (χ4v) is 3.76. The lowest BCUT2D eigenvalue weighted by Crippen LogP contribution is -2.49. The fourth-order valence-electron chi connectivity index (χ4n) is 3.76. The minimum Gasteiger partial charge on any atom is -0.444 e. The van der Waals surface area contributed by atoms with Crippen molar-refractivity contribution in [3.63, 3.8) is 0 Å². The van der Waals surface area contributed by atoms with Gasteiger partial charge < -0.3 is 19.9 Å². The Labute approximate surface area is 141 Å². The van der Waals surface area contributed by atoms with Crippen LogP contribution < -0.4 is 5.32 Å². The van der Waals surface area contributed by atoms with Crippen molar-refractivity contribution >= 4 is 6.09 Å². The highest BCUT2D eigenvalue weighted by molar-refractivity contribution is 5.68. The van der Waals surface area contributed by atoms with Crippen LogP contribution in [0.25, 0.3) is 0 Å². The molecule has 0 bridgehead atoms. The first-order valence-electron chi connectivity index (χ1n) is 9.19. The van der Waals surface area contributed by atoms with Gasteiger partial charge in [0.25, 0.3) is 0 Å².